The van der Waals surface area contributed by atoms with E-state index < -0.39 is 0 Å². The largest absolute Gasteiger partial charge is 0.271 e. The molecule has 0 bridgehead atoms. The number of hydrogen-bond acceptors (Lipinski definition) is 2. The molecule has 2 nitrogen and oxygen atoms in total. The topological polar surface area (TPSA) is 38.0 Å². The van der Waals surface area contributed by atoms with Gasteiger partial charge in [-0.05, 0) is 18.8 Å². The Balaban J connectivity index is 2.25. The zero-order valence-corrected chi connectivity index (χ0v) is 6.77. The van der Waals surface area contributed by atoms with Crippen LogP contribution in [0.2, 0.25) is 0 Å². The van der Waals surface area contributed by atoms with Crippen LogP contribution >= 0.6 is 0 Å². The van der Waals surface area contributed by atoms with Crippen molar-refractivity contribution in [3.05, 3.63) is 0 Å². The maximum Gasteiger partial charge on any atom is 0.0213 e. The van der Waals surface area contributed by atoms with Gasteiger partial charge in [-0.1, -0.05) is 26.2 Å². The van der Waals surface area contributed by atoms with Crippen molar-refractivity contribution in [3.8, 4) is 0 Å². The Labute approximate surface area is 63.1 Å². The molecular formula is C8H18N2. The summed E-state index contributed by atoms with van der Waals surface area (Å²) in [6, 6.07) is 0.596. The summed E-state index contributed by atoms with van der Waals surface area (Å²) in [4.78, 5) is 0. The molecule has 0 aliphatic heterocycles. The monoisotopic (exact) mass is 142 g/mol. The summed E-state index contributed by atoms with van der Waals surface area (Å²) in [7, 11) is 0. The van der Waals surface area contributed by atoms with E-state index >= 15 is 0 Å². The second-order valence-corrected chi connectivity index (χ2v) is 3.30. The summed E-state index contributed by atoms with van der Waals surface area (Å²) >= 11 is 0. The number of nitrogens with one attached hydrogen (secondary N) is 1. The van der Waals surface area contributed by atoms with Gasteiger partial charge in [-0.25, -0.2) is 0 Å². The van der Waals surface area contributed by atoms with Gasteiger partial charge in [0, 0.05) is 6.04 Å². The third-order valence-electron chi connectivity index (χ3n) is 2.60. The summed E-state index contributed by atoms with van der Waals surface area (Å²) in [6.07, 6.45) is 6.64. The highest BCUT2D eigenvalue weighted by Gasteiger charge is 2.18. The first-order chi connectivity index (χ1) is 4.86. The van der Waals surface area contributed by atoms with E-state index in [0.717, 1.165) is 5.92 Å². The predicted molar refractivity (Wildman–Crippen MR) is 43.4 cm³/mol. The second kappa shape index (κ2) is 3.94. The van der Waals surface area contributed by atoms with Crippen LogP contribution in [-0.2, 0) is 0 Å². The van der Waals surface area contributed by atoms with Crippen LogP contribution in [0, 0.1) is 5.92 Å². The van der Waals surface area contributed by atoms with Gasteiger partial charge in [-0.3, -0.25) is 11.3 Å². The molecule has 2 atom stereocenters. The average molecular weight is 142 g/mol. The zero-order chi connectivity index (χ0) is 7.40. The quantitative estimate of drug-likeness (QED) is 0.452. The molecule has 1 fully saturated rings. The fourth-order valence-electron chi connectivity index (χ4n) is 1.81. The van der Waals surface area contributed by atoms with Gasteiger partial charge in [0.05, 0.1) is 0 Å². The highest BCUT2D eigenvalue weighted by atomic mass is 15.2. The fourth-order valence-corrected chi connectivity index (χ4v) is 1.81. The summed E-state index contributed by atoms with van der Waals surface area (Å²) in [6.45, 7) is 2.27. The number of rotatable bonds is 2. The first-order valence-corrected chi connectivity index (χ1v) is 4.33. The van der Waals surface area contributed by atoms with Gasteiger partial charge in [0.2, 0.25) is 0 Å². The second-order valence-electron chi connectivity index (χ2n) is 3.30. The Kier molecular flexibility index (Phi) is 3.16. The Bertz CT molecular complexity index is 83.3. The summed E-state index contributed by atoms with van der Waals surface area (Å²) in [5, 5.41) is 0. The van der Waals surface area contributed by atoms with Crippen LogP contribution in [-0.4, -0.2) is 6.04 Å². The van der Waals surface area contributed by atoms with Crippen LogP contribution in [0.5, 0.6) is 0 Å². The average Bonchev–Trinajstić information content (AvgIpc) is 2.05. The van der Waals surface area contributed by atoms with Crippen molar-refractivity contribution in [1.29, 1.82) is 0 Å². The van der Waals surface area contributed by atoms with Crippen molar-refractivity contribution in [2.45, 2.75) is 45.1 Å². The van der Waals surface area contributed by atoms with Crippen LogP contribution in [0.25, 0.3) is 0 Å². The van der Waals surface area contributed by atoms with Gasteiger partial charge in [0.25, 0.3) is 0 Å². The maximum atomic E-state index is 5.37. The minimum absolute atomic E-state index is 0.596. The van der Waals surface area contributed by atoms with E-state index in [0.29, 0.717) is 6.04 Å². The standard InChI is InChI=1S/C8H18N2/c1-2-7-4-3-5-8(6-7)10-9/h7-8,10H,2-6,9H2,1H3. The zero-order valence-electron chi connectivity index (χ0n) is 6.77. The van der Waals surface area contributed by atoms with Crippen LogP contribution in [0.15, 0.2) is 0 Å². The summed E-state index contributed by atoms with van der Waals surface area (Å²) in [5.74, 6) is 6.30. The summed E-state index contributed by atoms with van der Waals surface area (Å²) in [5.41, 5.74) is 2.87. The van der Waals surface area contributed by atoms with Gasteiger partial charge in [-0.15, -0.1) is 0 Å². The molecular weight excluding hydrogens is 124 g/mol. The molecule has 10 heavy (non-hydrogen) atoms. The Hall–Kier alpha value is -0.0800. The normalized spacial score (nSPS) is 34.2. The number of hydrazine groups is 1. The maximum absolute atomic E-state index is 5.37. The molecule has 1 aliphatic carbocycles. The molecule has 1 rings (SSSR count). The van der Waals surface area contributed by atoms with Gasteiger partial charge < -0.3 is 0 Å². The van der Waals surface area contributed by atoms with Crippen molar-refractivity contribution in [1.82, 2.24) is 5.43 Å². The molecule has 0 saturated heterocycles. The van der Waals surface area contributed by atoms with Gasteiger partial charge in [0.15, 0.2) is 0 Å². The molecule has 2 heteroatoms. The van der Waals surface area contributed by atoms with Gasteiger partial charge >= 0.3 is 0 Å². The molecule has 2 unspecified atom stereocenters. The minimum atomic E-state index is 0.596. The van der Waals surface area contributed by atoms with E-state index in [4.69, 9.17) is 5.84 Å². The number of hydrogen-bond donors (Lipinski definition) is 2. The van der Waals surface area contributed by atoms with Crippen LogP contribution in [0.3, 0.4) is 0 Å². The summed E-state index contributed by atoms with van der Waals surface area (Å²) < 4.78 is 0. The molecule has 0 amide bonds. The lowest BCUT2D eigenvalue weighted by Gasteiger charge is -2.27. The molecule has 1 saturated carbocycles. The molecule has 0 aromatic rings. The van der Waals surface area contributed by atoms with Crippen LogP contribution in [0.1, 0.15) is 39.0 Å². The first-order valence-electron chi connectivity index (χ1n) is 4.33. The lowest BCUT2D eigenvalue weighted by molar-refractivity contribution is 0.281. The van der Waals surface area contributed by atoms with Gasteiger partial charge in [0.1, 0.15) is 0 Å². The van der Waals surface area contributed by atoms with Crippen molar-refractivity contribution < 1.29 is 0 Å². The third-order valence-corrected chi connectivity index (χ3v) is 2.60. The Morgan fingerprint density at radius 1 is 1.50 bits per heavy atom. The van der Waals surface area contributed by atoms with E-state index in [2.05, 4.69) is 12.3 Å². The van der Waals surface area contributed by atoms with Gasteiger partial charge in [-0.2, -0.15) is 0 Å². The van der Waals surface area contributed by atoms with E-state index in [1.54, 1.807) is 0 Å². The highest BCUT2D eigenvalue weighted by molar-refractivity contribution is 4.75. The molecule has 60 valence electrons. The molecule has 0 radical (unpaired) electrons. The van der Waals surface area contributed by atoms with E-state index in [-0.39, 0.29) is 0 Å². The van der Waals surface area contributed by atoms with Crippen molar-refractivity contribution in [2.24, 2.45) is 11.8 Å². The predicted octanol–water partition coefficient (Wildman–Crippen LogP) is 1.42. The lowest BCUT2D eigenvalue weighted by atomic mass is 9.84. The SMILES string of the molecule is CCC1CCCC(NN)C1. The van der Waals surface area contributed by atoms with Crippen molar-refractivity contribution >= 4 is 0 Å². The fraction of sp³-hybridized carbons (Fsp3) is 1.00. The Morgan fingerprint density at radius 2 is 2.30 bits per heavy atom. The van der Waals surface area contributed by atoms with E-state index in [1.165, 1.54) is 32.1 Å². The number of nitrogens with two attached hydrogens (primary N) is 1. The molecule has 0 heterocycles. The third kappa shape index (κ3) is 1.96. The van der Waals surface area contributed by atoms with Crippen molar-refractivity contribution in [3.63, 3.8) is 0 Å². The molecule has 0 spiro atoms. The molecule has 1 aliphatic rings. The smallest absolute Gasteiger partial charge is 0.0213 e. The van der Waals surface area contributed by atoms with E-state index in [9.17, 15) is 0 Å². The van der Waals surface area contributed by atoms with Crippen LogP contribution in [0.4, 0.5) is 0 Å². The highest BCUT2D eigenvalue weighted by Crippen LogP contribution is 2.25. The first kappa shape index (κ1) is 8.02. The molecule has 0 aromatic heterocycles. The minimum Gasteiger partial charge on any atom is -0.271 e. The Morgan fingerprint density at radius 3 is 2.90 bits per heavy atom. The molecule has 0 aromatic carbocycles. The lowest BCUT2D eigenvalue weighted by Crippen LogP contribution is -2.38. The van der Waals surface area contributed by atoms with Crippen LogP contribution < -0.4 is 11.3 Å². The van der Waals surface area contributed by atoms with E-state index in [1.807, 2.05) is 0 Å². The molecule has 3 N–H and O–H groups in total. The van der Waals surface area contributed by atoms with Crippen molar-refractivity contribution in [2.75, 3.05) is 0 Å².